The molecule has 0 saturated heterocycles. The predicted molar refractivity (Wildman–Crippen MR) is 67.1 cm³/mol. The first-order valence-electron chi connectivity index (χ1n) is 4.67. The van der Waals surface area contributed by atoms with E-state index < -0.39 is 0 Å². The molecule has 2 nitrogen and oxygen atoms in total. The Labute approximate surface area is 104 Å². The maximum Gasteiger partial charge on any atom is 0.0871 e. The van der Waals surface area contributed by atoms with Crippen LogP contribution in [-0.2, 0) is 0 Å². The molecule has 0 heterocycles. The molecule has 0 atom stereocenters. The number of halogens is 2. The van der Waals surface area contributed by atoms with E-state index in [-0.39, 0.29) is 0 Å². The highest BCUT2D eigenvalue weighted by atomic mass is 35.5. The summed E-state index contributed by atoms with van der Waals surface area (Å²) in [5.74, 6) is 0. The molecule has 0 N–H and O–H groups in total. The molecule has 16 heavy (non-hydrogen) atoms. The van der Waals surface area contributed by atoms with Gasteiger partial charge < -0.3 is 0 Å². The van der Waals surface area contributed by atoms with Crippen LogP contribution in [0.2, 0.25) is 10.0 Å². The smallest absolute Gasteiger partial charge is 0.0871 e. The van der Waals surface area contributed by atoms with E-state index in [0.29, 0.717) is 21.4 Å². The van der Waals surface area contributed by atoms with Crippen LogP contribution in [0.25, 0.3) is 0 Å². The summed E-state index contributed by atoms with van der Waals surface area (Å²) in [5.41, 5.74) is 1.43. The van der Waals surface area contributed by atoms with Gasteiger partial charge in [0, 0.05) is 10.0 Å². The van der Waals surface area contributed by atoms with Gasteiger partial charge in [0.15, 0.2) is 0 Å². The van der Waals surface area contributed by atoms with Gasteiger partial charge in [-0.05, 0) is 36.4 Å². The summed E-state index contributed by atoms with van der Waals surface area (Å²) >= 11 is 11.7. The van der Waals surface area contributed by atoms with Gasteiger partial charge in [-0.25, -0.2) is 0 Å². The lowest BCUT2D eigenvalue weighted by Crippen LogP contribution is -1.66. The molecule has 0 saturated carbocycles. The number of hydrogen-bond donors (Lipinski definition) is 0. The molecule has 2 aromatic carbocycles. The van der Waals surface area contributed by atoms with Crippen LogP contribution >= 0.6 is 23.2 Å². The Morgan fingerprint density at radius 3 is 1.50 bits per heavy atom. The fourth-order valence-electron chi connectivity index (χ4n) is 1.19. The molecule has 2 aromatic rings. The van der Waals surface area contributed by atoms with E-state index >= 15 is 0 Å². The second-order valence-corrected chi connectivity index (χ2v) is 4.03. The maximum absolute atomic E-state index is 5.83. The van der Waals surface area contributed by atoms with Crippen molar-refractivity contribution in [2.45, 2.75) is 0 Å². The maximum atomic E-state index is 5.83. The lowest BCUT2D eigenvalue weighted by molar-refractivity contribution is 1.23. The van der Waals surface area contributed by atoms with Crippen LogP contribution in [0.1, 0.15) is 0 Å². The van der Waals surface area contributed by atoms with E-state index in [1.807, 2.05) is 24.3 Å². The van der Waals surface area contributed by atoms with Crippen molar-refractivity contribution >= 4 is 34.6 Å². The quantitative estimate of drug-likeness (QED) is 0.637. The van der Waals surface area contributed by atoms with E-state index in [4.69, 9.17) is 23.2 Å². The molecule has 0 amide bonds. The van der Waals surface area contributed by atoms with Crippen molar-refractivity contribution in [3.8, 4) is 0 Å². The van der Waals surface area contributed by atoms with Crippen molar-refractivity contribution in [3.05, 3.63) is 58.6 Å². The minimum atomic E-state index is 0.641. The van der Waals surface area contributed by atoms with Crippen LogP contribution in [0.5, 0.6) is 0 Å². The van der Waals surface area contributed by atoms with Gasteiger partial charge in [-0.1, -0.05) is 35.3 Å². The average Bonchev–Trinajstić information content (AvgIpc) is 2.27. The van der Waals surface area contributed by atoms with Crippen molar-refractivity contribution in [3.63, 3.8) is 0 Å². The number of hydrogen-bond acceptors (Lipinski definition) is 2. The van der Waals surface area contributed by atoms with Crippen LogP contribution in [0.3, 0.4) is 0 Å². The molecule has 2 rings (SSSR count). The van der Waals surface area contributed by atoms with Crippen molar-refractivity contribution in [2.75, 3.05) is 0 Å². The Balaban J connectivity index is 2.21. The summed E-state index contributed by atoms with van der Waals surface area (Å²) in [6.45, 7) is 0. The van der Waals surface area contributed by atoms with Gasteiger partial charge in [0.2, 0.25) is 0 Å². The zero-order valence-electron chi connectivity index (χ0n) is 8.27. The van der Waals surface area contributed by atoms with Crippen molar-refractivity contribution in [1.29, 1.82) is 0 Å². The van der Waals surface area contributed by atoms with Gasteiger partial charge in [0.05, 0.1) is 11.4 Å². The van der Waals surface area contributed by atoms with E-state index in [1.54, 1.807) is 24.3 Å². The number of benzene rings is 2. The molecule has 0 spiro atoms. The zero-order valence-corrected chi connectivity index (χ0v) is 9.78. The Morgan fingerprint density at radius 1 is 0.688 bits per heavy atom. The second kappa shape index (κ2) is 5.10. The molecule has 0 radical (unpaired) electrons. The molecule has 0 aromatic heterocycles. The molecular weight excluding hydrogens is 243 g/mol. The van der Waals surface area contributed by atoms with Gasteiger partial charge in [0.1, 0.15) is 0 Å². The Hall–Kier alpha value is -1.38. The van der Waals surface area contributed by atoms with Crippen molar-refractivity contribution in [1.82, 2.24) is 0 Å². The highest BCUT2D eigenvalue weighted by Crippen LogP contribution is 2.22. The second-order valence-electron chi connectivity index (χ2n) is 3.16. The summed E-state index contributed by atoms with van der Waals surface area (Å²) in [7, 11) is 0. The van der Waals surface area contributed by atoms with E-state index in [2.05, 4.69) is 10.2 Å². The zero-order chi connectivity index (χ0) is 11.4. The summed E-state index contributed by atoms with van der Waals surface area (Å²) in [6.07, 6.45) is 0. The summed E-state index contributed by atoms with van der Waals surface area (Å²) in [5, 5.41) is 9.40. The van der Waals surface area contributed by atoms with Crippen LogP contribution < -0.4 is 0 Å². The standard InChI is InChI=1S/C12H8Cl2N2/c13-9-3-1-5-11(7-9)15-16-12-6-2-4-10(14)8-12/h1-8H/b16-15+. The molecule has 0 aliphatic heterocycles. The van der Waals surface area contributed by atoms with Crippen LogP contribution in [-0.4, -0.2) is 0 Å². The van der Waals surface area contributed by atoms with Crippen LogP contribution in [0.15, 0.2) is 58.8 Å². The first-order chi connectivity index (χ1) is 7.74. The molecule has 0 bridgehead atoms. The number of nitrogens with zero attached hydrogens (tertiary/aromatic N) is 2. The SMILES string of the molecule is Clc1cccc(/N=N/c2cccc(Cl)c2)c1. The fraction of sp³-hybridized carbons (Fsp3) is 0. The number of rotatable bonds is 2. The predicted octanol–water partition coefficient (Wildman–Crippen LogP) is 5.41. The fourth-order valence-corrected chi connectivity index (χ4v) is 1.56. The Bertz CT molecular complexity index is 476. The van der Waals surface area contributed by atoms with Gasteiger partial charge in [-0.3, -0.25) is 0 Å². The van der Waals surface area contributed by atoms with Gasteiger partial charge in [-0.2, -0.15) is 10.2 Å². The summed E-state index contributed by atoms with van der Waals surface area (Å²) < 4.78 is 0. The molecule has 0 fully saturated rings. The average molecular weight is 251 g/mol. The molecule has 0 aliphatic carbocycles. The van der Waals surface area contributed by atoms with E-state index in [1.165, 1.54) is 0 Å². The summed E-state index contributed by atoms with van der Waals surface area (Å²) in [4.78, 5) is 0. The van der Waals surface area contributed by atoms with Crippen LogP contribution in [0, 0.1) is 0 Å². The van der Waals surface area contributed by atoms with Crippen molar-refractivity contribution in [2.24, 2.45) is 10.2 Å². The van der Waals surface area contributed by atoms with Crippen LogP contribution in [0.4, 0.5) is 11.4 Å². The van der Waals surface area contributed by atoms with E-state index in [9.17, 15) is 0 Å². The number of azo groups is 1. The largest absolute Gasteiger partial charge is 0.151 e. The monoisotopic (exact) mass is 250 g/mol. The third kappa shape index (κ3) is 3.05. The molecule has 0 aliphatic rings. The minimum Gasteiger partial charge on any atom is -0.151 e. The third-order valence-corrected chi connectivity index (χ3v) is 2.37. The summed E-state index contributed by atoms with van der Waals surface area (Å²) in [6, 6.07) is 14.4. The highest BCUT2D eigenvalue weighted by molar-refractivity contribution is 6.31. The normalized spacial score (nSPS) is 10.9. The van der Waals surface area contributed by atoms with Gasteiger partial charge >= 0.3 is 0 Å². The van der Waals surface area contributed by atoms with Gasteiger partial charge in [-0.15, -0.1) is 0 Å². The first kappa shape index (κ1) is 11.1. The van der Waals surface area contributed by atoms with E-state index in [0.717, 1.165) is 0 Å². The third-order valence-electron chi connectivity index (χ3n) is 1.90. The molecule has 0 unspecified atom stereocenters. The van der Waals surface area contributed by atoms with Crippen molar-refractivity contribution < 1.29 is 0 Å². The lowest BCUT2D eigenvalue weighted by atomic mass is 10.3. The topological polar surface area (TPSA) is 24.7 Å². The molecular formula is C12H8Cl2N2. The Kier molecular flexibility index (Phi) is 3.54. The minimum absolute atomic E-state index is 0.641. The lowest BCUT2D eigenvalue weighted by Gasteiger charge is -1.94. The van der Waals surface area contributed by atoms with Gasteiger partial charge in [0.25, 0.3) is 0 Å². The first-order valence-corrected chi connectivity index (χ1v) is 5.42. The highest BCUT2D eigenvalue weighted by Gasteiger charge is 1.93. The molecule has 80 valence electrons. The molecule has 4 heteroatoms. The Morgan fingerprint density at radius 2 is 1.12 bits per heavy atom.